The summed E-state index contributed by atoms with van der Waals surface area (Å²) < 4.78 is 54.6. The molecule has 0 N–H and O–H groups in total. The van der Waals surface area contributed by atoms with E-state index in [1.54, 1.807) is 0 Å². The van der Waals surface area contributed by atoms with E-state index in [0.717, 1.165) is 10.8 Å². The van der Waals surface area contributed by atoms with Crippen molar-refractivity contribution in [1.82, 2.24) is 4.57 Å². The molecule has 0 radical (unpaired) electrons. The van der Waals surface area contributed by atoms with Crippen LogP contribution in [0, 0.1) is 17.5 Å². The SMILES string of the molecule is CCOC(=O)c1c(F)c(F)c2c(c1F)c(=O)c(C(=O)OCC)cn2C1CC1. The molecule has 1 aromatic carbocycles. The number of nitrogens with zero attached hydrogens (tertiary/aromatic N) is 1. The van der Waals surface area contributed by atoms with Gasteiger partial charge in [-0.2, -0.15) is 0 Å². The van der Waals surface area contributed by atoms with Gasteiger partial charge in [0.05, 0.1) is 24.1 Å². The van der Waals surface area contributed by atoms with Gasteiger partial charge in [0.1, 0.15) is 11.1 Å². The average molecular weight is 383 g/mol. The summed E-state index contributed by atoms with van der Waals surface area (Å²) in [6.45, 7) is 2.69. The van der Waals surface area contributed by atoms with E-state index in [-0.39, 0.29) is 19.3 Å². The van der Waals surface area contributed by atoms with E-state index in [1.807, 2.05) is 0 Å². The normalized spacial score (nSPS) is 13.7. The van der Waals surface area contributed by atoms with Gasteiger partial charge in [-0.3, -0.25) is 4.79 Å². The van der Waals surface area contributed by atoms with Gasteiger partial charge in [0.15, 0.2) is 17.5 Å². The van der Waals surface area contributed by atoms with Crippen LogP contribution in [-0.4, -0.2) is 29.7 Å². The Balaban J connectivity index is 2.43. The highest BCUT2D eigenvalue weighted by Gasteiger charge is 2.34. The summed E-state index contributed by atoms with van der Waals surface area (Å²) in [6.07, 6.45) is 2.22. The molecule has 9 heteroatoms. The molecule has 1 aliphatic rings. The highest BCUT2D eigenvalue weighted by Crippen LogP contribution is 2.39. The van der Waals surface area contributed by atoms with Crippen molar-refractivity contribution < 1.29 is 32.2 Å². The summed E-state index contributed by atoms with van der Waals surface area (Å²) >= 11 is 0. The van der Waals surface area contributed by atoms with E-state index >= 15 is 0 Å². The van der Waals surface area contributed by atoms with Crippen LogP contribution in [0.5, 0.6) is 0 Å². The first-order valence-electron chi connectivity index (χ1n) is 8.42. The maximum atomic E-state index is 15.0. The zero-order valence-corrected chi connectivity index (χ0v) is 14.6. The number of rotatable bonds is 5. The Hall–Kier alpha value is -2.84. The highest BCUT2D eigenvalue weighted by atomic mass is 19.2. The second-order valence-corrected chi connectivity index (χ2v) is 5.99. The molecule has 3 rings (SSSR count). The number of aromatic nitrogens is 1. The highest BCUT2D eigenvalue weighted by molar-refractivity contribution is 5.98. The second-order valence-electron chi connectivity index (χ2n) is 5.99. The lowest BCUT2D eigenvalue weighted by Gasteiger charge is -2.15. The lowest BCUT2D eigenvalue weighted by atomic mass is 10.0. The van der Waals surface area contributed by atoms with Crippen molar-refractivity contribution in [2.75, 3.05) is 13.2 Å². The minimum atomic E-state index is -1.74. The molecule has 0 aliphatic heterocycles. The number of halogens is 3. The predicted molar refractivity (Wildman–Crippen MR) is 88.3 cm³/mol. The Morgan fingerprint density at radius 1 is 1.04 bits per heavy atom. The smallest absolute Gasteiger partial charge is 0.344 e. The van der Waals surface area contributed by atoms with Crippen molar-refractivity contribution >= 4 is 22.8 Å². The summed E-state index contributed by atoms with van der Waals surface area (Å²) in [6, 6.07) is -0.317. The number of benzene rings is 1. The van der Waals surface area contributed by atoms with E-state index in [4.69, 9.17) is 4.74 Å². The summed E-state index contributed by atoms with van der Waals surface area (Å²) in [4.78, 5) is 36.6. The third-order valence-electron chi connectivity index (χ3n) is 4.21. The molecule has 27 heavy (non-hydrogen) atoms. The molecule has 1 saturated carbocycles. The van der Waals surface area contributed by atoms with Crippen LogP contribution in [-0.2, 0) is 9.47 Å². The maximum Gasteiger partial charge on any atom is 0.344 e. The molecule has 2 aromatic rings. The van der Waals surface area contributed by atoms with Crippen molar-refractivity contribution in [2.24, 2.45) is 0 Å². The van der Waals surface area contributed by atoms with Crippen molar-refractivity contribution in [3.63, 3.8) is 0 Å². The minimum Gasteiger partial charge on any atom is -0.462 e. The van der Waals surface area contributed by atoms with Gasteiger partial charge in [-0.25, -0.2) is 22.8 Å². The van der Waals surface area contributed by atoms with Crippen LogP contribution in [0.1, 0.15) is 53.4 Å². The van der Waals surface area contributed by atoms with Gasteiger partial charge in [0.2, 0.25) is 5.43 Å². The molecule has 0 amide bonds. The number of carbonyl (C=O) groups excluding carboxylic acids is 2. The average Bonchev–Trinajstić information content (AvgIpc) is 3.45. The van der Waals surface area contributed by atoms with Crippen molar-refractivity contribution in [3.05, 3.63) is 45.0 Å². The fourth-order valence-corrected chi connectivity index (χ4v) is 2.87. The zero-order valence-electron chi connectivity index (χ0n) is 14.6. The molecule has 1 fully saturated rings. The number of hydrogen-bond acceptors (Lipinski definition) is 5. The summed E-state index contributed by atoms with van der Waals surface area (Å²) in [5, 5.41) is -0.880. The Morgan fingerprint density at radius 2 is 1.63 bits per heavy atom. The number of esters is 2. The topological polar surface area (TPSA) is 74.6 Å². The van der Waals surface area contributed by atoms with E-state index in [0.29, 0.717) is 12.8 Å². The van der Waals surface area contributed by atoms with E-state index in [1.165, 1.54) is 13.8 Å². The number of ether oxygens (including phenoxy) is 2. The van der Waals surface area contributed by atoms with Crippen molar-refractivity contribution in [3.8, 4) is 0 Å². The zero-order chi connectivity index (χ0) is 19.9. The quantitative estimate of drug-likeness (QED) is 0.586. The Bertz CT molecular complexity index is 1010. The molecule has 0 spiro atoms. The third kappa shape index (κ3) is 3.07. The minimum absolute atomic E-state index is 0.0337. The molecular formula is C18H16F3NO5. The van der Waals surface area contributed by atoms with Gasteiger partial charge in [-0.1, -0.05) is 0 Å². The molecule has 0 unspecified atom stereocenters. The van der Waals surface area contributed by atoms with Crippen molar-refractivity contribution in [2.45, 2.75) is 32.7 Å². The molecule has 0 atom stereocenters. The summed E-state index contributed by atoms with van der Waals surface area (Å²) in [7, 11) is 0. The van der Waals surface area contributed by atoms with Crippen LogP contribution in [0.4, 0.5) is 13.2 Å². The van der Waals surface area contributed by atoms with Crippen LogP contribution in [0.25, 0.3) is 10.9 Å². The molecular weight excluding hydrogens is 367 g/mol. The monoisotopic (exact) mass is 383 g/mol. The molecule has 6 nitrogen and oxygen atoms in total. The first-order chi connectivity index (χ1) is 12.8. The van der Waals surface area contributed by atoms with Gasteiger partial charge in [-0.05, 0) is 26.7 Å². The van der Waals surface area contributed by atoms with E-state index in [9.17, 15) is 27.6 Å². The van der Waals surface area contributed by atoms with Gasteiger partial charge in [0, 0.05) is 12.2 Å². The molecule has 0 saturated heterocycles. The number of fused-ring (bicyclic) bond motifs is 1. The lowest BCUT2D eigenvalue weighted by Crippen LogP contribution is -2.24. The second kappa shape index (κ2) is 7.05. The Labute approximate surface area is 151 Å². The van der Waals surface area contributed by atoms with Gasteiger partial charge >= 0.3 is 11.9 Å². The molecule has 144 valence electrons. The Kier molecular flexibility index (Phi) is 4.95. The third-order valence-corrected chi connectivity index (χ3v) is 4.21. The maximum absolute atomic E-state index is 15.0. The van der Waals surface area contributed by atoms with Crippen LogP contribution in [0.3, 0.4) is 0 Å². The number of pyridine rings is 1. The van der Waals surface area contributed by atoms with E-state index < -0.39 is 56.8 Å². The molecule has 0 bridgehead atoms. The van der Waals surface area contributed by atoms with Crippen LogP contribution in [0.2, 0.25) is 0 Å². The number of hydrogen-bond donors (Lipinski definition) is 0. The molecule has 1 heterocycles. The summed E-state index contributed by atoms with van der Waals surface area (Å²) in [5.74, 6) is -7.30. The molecule has 1 aromatic heterocycles. The first-order valence-corrected chi connectivity index (χ1v) is 8.42. The standard InChI is InChI=1S/C18H16F3NO5/c1-3-26-17(24)9-7-22(8-5-6-8)15-11(16(9)23)12(19)10(13(20)14(15)21)18(25)27-4-2/h7-8H,3-6H2,1-2H3. The lowest BCUT2D eigenvalue weighted by molar-refractivity contribution is 0.0509. The number of carbonyl (C=O) groups is 2. The van der Waals surface area contributed by atoms with Crippen molar-refractivity contribution in [1.29, 1.82) is 0 Å². The Morgan fingerprint density at radius 3 is 2.19 bits per heavy atom. The van der Waals surface area contributed by atoms with Crippen LogP contribution >= 0.6 is 0 Å². The van der Waals surface area contributed by atoms with Crippen LogP contribution < -0.4 is 5.43 Å². The molecule has 1 aliphatic carbocycles. The summed E-state index contributed by atoms with van der Waals surface area (Å²) in [5.41, 5.74) is -3.63. The van der Waals surface area contributed by atoms with Gasteiger partial charge < -0.3 is 14.0 Å². The van der Waals surface area contributed by atoms with Crippen LogP contribution in [0.15, 0.2) is 11.0 Å². The fourth-order valence-electron chi connectivity index (χ4n) is 2.87. The van der Waals surface area contributed by atoms with E-state index in [2.05, 4.69) is 4.74 Å². The largest absolute Gasteiger partial charge is 0.462 e. The van der Waals surface area contributed by atoms with Gasteiger partial charge in [-0.15, -0.1) is 0 Å². The first kappa shape index (κ1) is 18.9. The predicted octanol–water partition coefficient (Wildman–Crippen LogP) is 3.11. The van der Waals surface area contributed by atoms with Gasteiger partial charge in [0.25, 0.3) is 0 Å². The fraction of sp³-hybridized carbons (Fsp3) is 0.389.